The quantitative estimate of drug-likeness (QED) is 0.517. The highest BCUT2D eigenvalue weighted by molar-refractivity contribution is 8.14. The summed E-state index contributed by atoms with van der Waals surface area (Å²) in [5, 5.41) is 2.07. The van der Waals surface area contributed by atoms with Crippen molar-refractivity contribution in [3.63, 3.8) is 0 Å². The standard InChI is InChI=1S/C15H21N3O6S/c1-2-24-14(22)10-4-3-6-17(8-10)13(21)12(20)16-5-7-18-11(19)9-25-15(18)23/h10H,2-9H2,1H3,(H,16,20). The molecule has 2 fully saturated rings. The Bertz CT molecular complexity index is 566. The molecule has 1 N–H and O–H groups in total. The van der Waals surface area contributed by atoms with Crippen LogP contribution in [0.1, 0.15) is 19.8 Å². The zero-order valence-corrected chi connectivity index (χ0v) is 14.8. The van der Waals surface area contributed by atoms with Crippen LogP contribution in [0.15, 0.2) is 0 Å². The monoisotopic (exact) mass is 371 g/mol. The summed E-state index contributed by atoms with van der Waals surface area (Å²) in [6.45, 7) is 2.60. The number of ether oxygens (including phenoxy) is 1. The number of rotatable bonds is 5. The molecule has 0 aromatic rings. The largest absolute Gasteiger partial charge is 0.466 e. The maximum atomic E-state index is 12.2. The van der Waals surface area contributed by atoms with Gasteiger partial charge in [0.1, 0.15) is 0 Å². The molecule has 2 aliphatic rings. The molecule has 2 rings (SSSR count). The van der Waals surface area contributed by atoms with Crippen LogP contribution in [0.2, 0.25) is 0 Å². The number of esters is 1. The van der Waals surface area contributed by atoms with Crippen LogP contribution in [0.5, 0.6) is 0 Å². The van der Waals surface area contributed by atoms with Crippen molar-refractivity contribution in [2.24, 2.45) is 5.92 Å². The van der Waals surface area contributed by atoms with Crippen molar-refractivity contribution < 1.29 is 28.7 Å². The summed E-state index contributed by atoms with van der Waals surface area (Å²) >= 11 is 0.914. The fourth-order valence-corrected chi connectivity index (χ4v) is 3.46. The molecule has 2 heterocycles. The number of nitrogens with zero attached hydrogens (tertiary/aromatic N) is 2. The van der Waals surface area contributed by atoms with Gasteiger partial charge in [0.25, 0.3) is 5.24 Å². The lowest BCUT2D eigenvalue weighted by molar-refractivity contribution is -0.154. The SMILES string of the molecule is CCOC(=O)C1CCCN(C(=O)C(=O)NCCN2C(=O)CSC2=O)C1. The Labute approximate surface area is 149 Å². The number of likely N-dealkylation sites (tertiary alicyclic amines) is 1. The number of hydrogen-bond acceptors (Lipinski definition) is 7. The van der Waals surface area contributed by atoms with Crippen LogP contribution < -0.4 is 5.32 Å². The first kappa shape index (κ1) is 19.2. The third-order valence-electron chi connectivity index (χ3n) is 3.98. The average molecular weight is 371 g/mol. The lowest BCUT2D eigenvalue weighted by Gasteiger charge is -2.31. The van der Waals surface area contributed by atoms with Crippen molar-refractivity contribution >= 4 is 40.7 Å². The van der Waals surface area contributed by atoms with Gasteiger partial charge in [0.15, 0.2) is 0 Å². The molecule has 10 heteroatoms. The smallest absolute Gasteiger partial charge is 0.311 e. The zero-order valence-electron chi connectivity index (χ0n) is 14.0. The molecule has 25 heavy (non-hydrogen) atoms. The Kier molecular flexibility index (Phi) is 6.80. The van der Waals surface area contributed by atoms with E-state index in [4.69, 9.17) is 4.74 Å². The maximum Gasteiger partial charge on any atom is 0.311 e. The van der Waals surface area contributed by atoms with Gasteiger partial charge in [-0.3, -0.25) is 28.9 Å². The van der Waals surface area contributed by atoms with Gasteiger partial charge in [-0.15, -0.1) is 0 Å². The van der Waals surface area contributed by atoms with Gasteiger partial charge >= 0.3 is 17.8 Å². The van der Waals surface area contributed by atoms with Gasteiger partial charge in [-0.1, -0.05) is 11.8 Å². The fourth-order valence-electron chi connectivity index (χ4n) is 2.71. The van der Waals surface area contributed by atoms with Crippen LogP contribution in [0.25, 0.3) is 0 Å². The Balaban J connectivity index is 1.79. The number of hydrogen-bond donors (Lipinski definition) is 1. The number of nitrogens with one attached hydrogen (secondary N) is 1. The molecule has 9 nitrogen and oxygen atoms in total. The van der Waals surface area contributed by atoms with Crippen molar-refractivity contribution in [2.45, 2.75) is 19.8 Å². The topological polar surface area (TPSA) is 113 Å². The van der Waals surface area contributed by atoms with Gasteiger partial charge in [0, 0.05) is 26.2 Å². The molecule has 0 bridgehead atoms. The molecule has 0 spiro atoms. The molecule has 0 saturated carbocycles. The summed E-state index contributed by atoms with van der Waals surface area (Å²) in [5.41, 5.74) is 0. The lowest BCUT2D eigenvalue weighted by Crippen LogP contribution is -2.49. The lowest BCUT2D eigenvalue weighted by atomic mass is 9.98. The van der Waals surface area contributed by atoms with Crippen LogP contribution >= 0.6 is 11.8 Å². The van der Waals surface area contributed by atoms with E-state index in [0.29, 0.717) is 19.4 Å². The molecule has 1 unspecified atom stereocenters. The Morgan fingerprint density at radius 3 is 2.72 bits per heavy atom. The minimum Gasteiger partial charge on any atom is -0.466 e. The van der Waals surface area contributed by atoms with E-state index in [1.54, 1.807) is 6.92 Å². The predicted molar refractivity (Wildman–Crippen MR) is 88.5 cm³/mol. The molecule has 0 aromatic carbocycles. The fraction of sp³-hybridized carbons (Fsp3) is 0.667. The van der Waals surface area contributed by atoms with E-state index in [1.165, 1.54) is 4.90 Å². The minimum absolute atomic E-state index is 0.0117. The highest BCUT2D eigenvalue weighted by Gasteiger charge is 2.33. The Morgan fingerprint density at radius 2 is 2.08 bits per heavy atom. The molecule has 138 valence electrons. The minimum atomic E-state index is -0.809. The molecule has 0 radical (unpaired) electrons. The van der Waals surface area contributed by atoms with E-state index < -0.39 is 17.7 Å². The molecule has 4 amide bonds. The van der Waals surface area contributed by atoms with Crippen molar-refractivity contribution in [3.05, 3.63) is 0 Å². The van der Waals surface area contributed by atoms with Gasteiger partial charge in [-0.2, -0.15) is 0 Å². The van der Waals surface area contributed by atoms with Crippen LogP contribution in [0.4, 0.5) is 4.79 Å². The van der Waals surface area contributed by atoms with E-state index in [-0.39, 0.29) is 49.1 Å². The van der Waals surface area contributed by atoms with Crippen molar-refractivity contribution in [3.8, 4) is 0 Å². The molecule has 2 aliphatic heterocycles. The predicted octanol–water partition coefficient (Wildman–Crippen LogP) is -0.400. The summed E-state index contributed by atoms with van der Waals surface area (Å²) in [5.74, 6) is -2.50. The number of amides is 4. The summed E-state index contributed by atoms with van der Waals surface area (Å²) < 4.78 is 4.96. The van der Waals surface area contributed by atoms with Crippen molar-refractivity contribution in [1.29, 1.82) is 0 Å². The Hall–Kier alpha value is -2.10. The first-order valence-corrected chi connectivity index (χ1v) is 9.13. The highest BCUT2D eigenvalue weighted by atomic mass is 32.2. The third kappa shape index (κ3) is 4.94. The number of carbonyl (C=O) groups is 5. The number of imide groups is 1. The van der Waals surface area contributed by atoms with E-state index in [0.717, 1.165) is 16.7 Å². The van der Waals surface area contributed by atoms with E-state index in [9.17, 15) is 24.0 Å². The number of carbonyl (C=O) groups excluding carboxylic acids is 5. The zero-order chi connectivity index (χ0) is 18.4. The molecule has 0 aromatic heterocycles. The molecule has 0 aliphatic carbocycles. The maximum absolute atomic E-state index is 12.2. The summed E-state index contributed by atoms with van der Waals surface area (Å²) in [4.78, 5) is 61.2. The number of piperidine rings is 1. The van der Waals surface area contributed by atoms with Crippen molar-refractivity contribution in [2.75, 3.05) is 38.5 Å². The molecule has 2 saturated heterocycles. The van der Waals surface area contributed by atoms with E-state index in [1.807, 2.05) is 0 Å². The molecular weight excluding hydrogens is 350 g/mol. The summed E-state index contributed by atoms with van der Waals surface area (Å²) in [6.07, 6.45) is 1.25. The summed E-state index contributed by atoms with van der Waals surface area (Å²) in [7, 11) is 0. The van der Waals surface area contributed by atoms with Crippen LogP contribution in [-0.2, 0) is 23.9 Å². The van der Waals surface area contributed by atoms with Gasteiger partial charge in [0.05, 0.1) is 18.3 Å². The van der Waals surface area contributed by atoms with Crippen LogP contribution in [-0.4, -0.2) is 77.3 Å². The summed E-state index contributed by atoms with van der Waals surface area (Å²) in [6, 6.07) is 0. The van der Waals surface area contributed by atoms with Gasteiger partial charge < -0.3 is 15.0 Å². The molecule has 1 atom stereocenters. The highest BCUT2D eigenvalue weighted by Crippen LogP contribution is 2.19. The van der Waals surface area contributed by atoms with Gasteiger partial charge in [-0.25, -0.2) is 0 Å². The second-order valence-corrected chi connectivity index (χ2v) is 6.62. The van der Waals surface area contributed by atoms with E-state index >= 15 is 0 Å². The third-order valence-corrected chi connectivity index (χ3v) is 4.84. The first-order valence-electron chi connectivity index (χ1n) is 8.15. The van der Waals surface area contributed by atoms with Crippen LogP contribution in [0, 0.1) is 5.92 Å². The van der Waals surface area contributed by atoms with E-state index in [2.05, 4.69) is 5.32 Å². The van der Waals surface area contributed by atoms with Crippen LogP contribution in [0.3, 0.4) is 0 Å². The van der Waals surface area contributed by atoms with Crippen molar-refractivity contribution in [1.82, 2.24) is 15.1 Å². The van der Waals surface area contributed by atoms with Gasteiger partial charge in [0.2, 0.25) is 5.91 Å². The second-order valence-electron chi connectivity index (χ2n) is 5.70. The normalized spacial score (nSPS) is 20.6. The van der Waals surface area contributed by atoms with Gasteiger partial charge in [-0.05, 0) is 19.8 Å². The molecular formula is C15H21N3O6S. The first-order chi connectivity index (χ1) is 11.9. The Morgan fingerprint density at radius 1 is 1.32 bits per heavy atom. The second kappa shape index (κ2) is 8.84. The average Bonchev–Trinajstić information content (AvgIpc) is 2.93. The number of thioether (sulfide) groups is 1.